The van der Waals surface area contributed by atoms with Gasteiger partial charge in [-0.2, -0.15) is 0 Å². The smallest absolute Gasteiger partial charge is 0.406 e. The molecule has 0 aliphatic heterocycles. The van der Waals surface area contributed by atoms with Gasteiger partial charge in [-0.3, -0.25) is 0 Å². The molecule has 0 heterocycles. The summed E-state index contributed by atoms with van der Waals surface area (Å²) in [5.41, 5.74) is 8.76. The predicted molar refractivity (Wildman–Crippen MR) is 55.5 cm³/mol. The van der Waals surface area contributed by atoms with Crippen LogP contribution in [-0.2, 0) is 6.42 Å². The summed E-state index contributed by atoms with van der Waals surface area (Å²) in [5.74, 6) is -0.237. The Kier molecular flexibility index (Phi) is 4.66. The highest BCUT2D eigenvalue weighted by molar-refractivity contribution is 5.28. The normalized spacial score (nSPS) is 10.8. The van der Waals surface area contributed by atoms with Gasteiger partial charge in [0.05, 0.1) is 0 Å². The zero-order chi connectivity index (χ0) is 12.7. The summed E-state index contributed by atoms with van der Waals surface area (Å²) >= 11 is 0. The van der Waals surface area contributed by atoms with Crippen molar-refractivity contribution in [3.05, 3.63) is 40.3 Å². The first-order valence-corrected chi connectivity index (χ1v) is 4.87. The van der Waals surface area contributed by atoms with Crippen molar-refractivity contribution in [2.75, 3.05) is 6.54 Å². The minimum absolute atomic E-state index is 0.237. The number of aryl methyl sites for hydroxylation is 1. The summed E-state index contributed by atoms with van der Waals surface area (Å²) in [7, 11) is 0. The van der Waals surface area contributed by atoms with Crippen LogP contribution in [0.5, 0.6) is 5.75 Å². The van der Waals surface area contributed by atoms with Gasteiger partial charge in [0.25, 0.3) is 0 Å². The van der Waals surface area contributed by atoms with Gasteiger partial charge in [0, 0.05) is 11.5 Å². The number of ether oxygens (including phenoxy) is 1. The summed E-state index contributed by atoms with van der Waals surface area (Å²) in [4.78, 5) is 2.58. The Balaban J connectivity index is 2.56. The van der Waals surface area contributed by atoms with Gasteiger partial charge < -0.3 is 4.74 Å². The Morgan fingerprint density at radius 1 is 1.35 bits per heavy atom. The second kappa shape index (κ2) is 6.00. The SMILES string of the molecule is [N-]=[N+]=NCCCc1cccc(OC(F)(F)F)c1. The lowest BCUT2D eigenvalue weighted by molar-refractivity contribution is -0.274. The van der Waals surface area contributed by atoms with E-state index in [-0.39, 0.29) is 5.75 Å². The number of nitrogens with zero attached hydrogens (tertiary/aromatic N) is 3. The lowest BCUT2D eigenvalue weighted by Crippen LogP contribution is -2.17. The summed E-state index contributed by atoms with van der Waals surface area (Å²) in [6.45, 7) is 0.320. The third-order valence-corrected chi connectivity index (χ3v) is 1.92. The van der Waals surface area contributed by atoms with Crippen LogP contribution in [0.3, 0.4) is 0 Å². The van der Waals surface area contributed by atoms with E-state index in [4.69, 9.17) is 5.53 Å². The quantitative estimate of drug-likeness (QED) is 0.336. The molecule has 0 N–H and O–H groups in total. The van der Waals surface area contributed by atoms with E-state index in [0.717, 1.165) is 0 Å². The fourth-order valence-electron chi connectivity index (χ4n) is 1.30. The number of halogens is 3. The second-order valence-corrected chi connectivity index (χ2v) is 3.25. The van der Waals surface area contributed by atoms with E-state index in [1.165, 1.54) is 18.2 Å². The van der Waals surface area contributed by atoms with Crippen LogP contribution >= 0.6 is 0 Å². The Bertz CT molecular complexity index is 414. The monoisotopic (exact) mass is 245 g/mol. The number of azide groups is 1. The average Bonchev–Trinajstić information content (AvgIpc) is 2.23. The highest BCUT2D eigenvalue weighted by Crippen LogP contribution is 2.23. The summed E-state index contributed by atoms with van der Waals surface area (Å²) in [6, 6.07) is 5.75. The first-order valence-electron chi connectivity index (χ1n) is 4.87. The molecule has 0 spiro atoms. The van der Waals surface area contributed by atoms with Crippen molar-refractivity contribution in [1.29, 1.82) is 0 Å². The Hall–Kier alpha value is -1.88. The molecular weight excluding hydrogens is 235 g/mol. The van der Waals surface area contributed by atoms with E-state index in [1.54, 1.807) is 6.07 Å². The summed E-state index contributed by atoms with van der Waals surface area (Å²) in [6.07, 6.45) is -3.56. The molecule has 0 amide bonds. The van der Waals surface area contributed by atoms with Gasteiger partial charge in [-0.15, -0.1) is 13.2 Å². The maximum absolute atomic E-state index is 11.9. The zero-order valence-electron chi connectivity index (χ0n) is 8.81. The first-order chi connectivity index (χ1) is 8.01. The Morgan fingerprint density at radius 3 is 2.76 bits per heavy atom. The molecule has 1 rings (SSSR count). The molecule has 17 heavy (non-hydrogen) atoms. The van der Waals surface area contributed by atoms with E-state index in [2.05, 4.69) is 14.8 Å². The van der Waals surface area contributed by atoms with Crippen molar-refractivity contribution in [2.24, 2.45) is 5.11 Å². The van der Waals surface area contributed by atoms with Gasteiger partial charge in [-0.1, -0.05) is 17.2 Å². The number of benzene rings is 1. The average molecular weight is 245 g/mol. The van der Waals surface area contributed by atoms with Crippen LogP contribution in [-0.4, -0.2) is 12.9 Å². The molecule has 0 aliphatic rings. The van der Waals surface area contributed by atoms with Gasteiger partial charge in [0.2, 0.25) is 0 Å². The van der Waals surface area contributed by atoms with Crippen molar-refractivity contribution >= 4 is 0 Å². The number of hydrogen-bond donors (Lipinski definition) is 0. The molecule has 0 aliphatic carbocycles. The van der Waals surface area contributed by atoms with E-state index >= 15 is 0 Å². The van der Waals surface area contributed by atoms with Crippen LogP contribution in [0.15, 0.2) is 29.4 Å². The van der Waals surface area contributed by atoms with Crippen LogP contribution < -0.4 is 4.74 Å². The second-order valence-electron chi connectivity index (χ2n) is 3.25. The molecule has 92 valence electrons. The van der Waals surface area contributed by atoms with Crippen LogP contribution in [0.2, 0.25) is 0 Å². The molecule has 1 aromatic rings. The van der Waals surface area contributed by atoms with Gasteiger partial charge in [-0.25, -0.2) is 0 Å². The van der Waals surface area contributed by atoms with Gasteiger partial charge >= 0.3 is 6.36 Å². The van der Waals surface area contributed by atoms with Crippen molar-refractivity contribution < 1.29 is 17.9 Å². The number of rotatable bonds is 5. The van der Waals surface area contributed by atoms with E-state index in [9.17, 15) is 13.2 Å². The van der Waals surface area contributed by atoms with Crippen molar-refractivity contribution in [2.45, 2.75) is 19.2 Å². The van der Waals surface area contributed by atoms with Gasteiger partial charge in [0.15, 0.2) is 0 Å². The highest BCUT2D eigenvalue weighted by Gasteiger charge is 2.30. The topological polar surface area (TPSA) is 58.0 Å². The van der Waals surface area contributed by atoms with E-state index in [1.807, 2.05) is 0 Å². The molecule has 0 aromatic heterocycles. The molecule has 0 saturated carbocycles. The highest BCUT2D eigenvalue weighted by atomic mass is 19.4. The van der Waals surface area contributed by atoms with Crippen LogP contribution in [0.1, 0.15) is 12.0 Å². The predicted octanol–water partition coefficient (Wildman–Crippen LogP) is 3.83. The molecule has 0 radical (unpaired) electrons. The lowest BCUT2D eigenvalue weighted by atomic mass is 10.1. The van der Waals surface area contributed by atoms with Gasteiger partial charge in [-0.05, 0) is 36.1 Å². The molecule has 0 atom stereocenters. The Labute approximate surface area is 95.6 Å². The van der Waals surface area contributed by atoms with E-state index in [0.29, 0.717) is 24.9 Å². The van der Waals surface area contributed by atoms with Crippen molar-refractivity contribution in [3.63, 3.8) is 0 Å². The molecule has 0 fully saturated rings. The third-order valence-electron chi connectivity index (χ3n) is 1.92. The minimum Gasteiger partial charge on any atom is -0.406 e. The molecule has 7 heteroatoms. The van der Waals surface area contributed by atoms with Crippen molar-refractivity contribution in [3.8, 4) is 5.75 Å². The molecule has 0 saturated heterocycles. The minimum atomic E-state index is -4.68. The molecule has 0 unspecified atom stereocenters. The van der Waals surface area contributed by atoms with Crippen LogP contribution in [0.4, 0.5) is 13.2 Å². The van der Waals surface area contributed by atoms with Crippen molar-refractivity contribution in [1.82, 2.24) is 0 Å². The summed E-state index contributed by atoms with van der Waals surface area (Å²) < 4.78 is 39.6. The van der Waals surface area contributed by atoms with E-state index < -0.39 is 6.36 Å². The molecule has 1 aromatic carbocycles. The first kappa shape index (κ1) is 13.2. The van der Waals surface area contributed by atoms with Crippen LogP contribution in [0, 0.1) is 0 Å². The zero-order valence-corrected chi connectivity index (χ0v) is 8.81. The molecular formula is C10H10F3N3O. The lowest BCUT2D eigenvalue weighted by Gasteiger charge is -2.09. The number of hydrogen-bond acceptors (Lipinski definition) is 2. The van der Waals surface area contributed by atoms with Gasteiger partial charge in [0.1, 0.15) is 5.75 Å². The summed E-state index contributed by atoms with van der Waals surface area (Å²) in [5, 5.41) is 3.34. The van der Waals surface area contributed by atoms with Crippen LogP contribution in [0.25, 0.3) is 10.4 Å². The standard InChI is InChI=1S/C10H10F3N3O/c11-10(12,13)17-9-5-1-3-8(7-9)4-2-6-15-16-14/h1,3,5,7H,2,4,6H2. The molecule has 4 nitrogen and oxygen atoms in total. The largest absolute Gasteiger partial charge is 0.573 e. The molecule has 0 bridgehead atoms. The fraction of sp³-hybridized carbons (Fsp3) is 0.400. The maximum Gasteiger partial charge on any atom is 0.573 e. The third kappa shape index (κ3) is 5.67. The fourth-order valence-corrected chi connectivity index (χ4v) is 1.30. The number of alkyl halides is 3. The maximum atomic E-state index is 11.9. The Morgan fingerprint density at radius 2 is 2.12 bits per heavy atom.